The minimum absolute atomic E-state index is 0.181. The number of aromatic nitrogens is 4. The highest BCUT2D eigenvalue weighted by Gasteiger charge is 2.17. The summed E-state index contributed by atoms with van der Waals surface area (Å²) < 4.78 is 1.60. The van der Waals surface area contributed by atoms with Crippen LogP contribution in [0.1, 0.15) is 34.8 Å². The van der Waals surface area contributed by atoms with Gasteiger partial charge in [-0.3, -0.25) is 4.79 Å². The van der Waals surface area contributed by atoms with Crippen LogP contribution in [0.15, 0.2) is 6.07 Å². The van der Waals surface area contributed by atoms with Gasteiger partial charge >= 0.3 is 0 Å². The quantitative estimate of drug-likeness (QED) is 0.854. The Hall–Kier alpha value is -2.02. The van der Waals surface area contributed by atoms with Gasteiger partial charge in [-0.05, 0) is 51.8 Å². The molecule has 3 heterocycles. The van der Waals surface area contributed by atoms with E-state index < -0.39 is 0 Å². The second-order valence-corrected chi connectivity index (χ2v) is 5.59. The van der Waals surface area contributed by atoms with Gasteiger partial charge in [-0.2, -0.15) is 4.98 Å². The average Bonchev–Trinajstić information content (AvgIpc) is 3.07. The second kappa shape index (κ2) is 5.77. The van der Waals surface area contributed by atoms with Crippen molar-refractivity contribution in [1.29, 1.82) is 0 Å². The van der Waals surface area contributed by atoms with E-state index in [1.54, 1.807) is 4.52 Å². The van der Waals surface area contributed by atoms with Gasteiger partial charge in [0.2, 0.25) is 5.82 Å². The molecule has 0 radical (unpaired) electrons. The largest absolute Gasteiger partial charge is 0.349 e. The topological polar surface area (TPSA) is 84.2 Å². The van der Waals surface area contributed by atoms with E-state index >= 15 is 0 Å². The van der Waals surface area contributed by atoms with E-state index in [-0.39, 0.29) is 11.7 Å². The van der Waals surface area contributed by atoms with E-state index in [1.807, 2.05) is 19.9 Å². The summed E-state index contributed by atoms with van der Waals surface area (Å²) in [6, 6.07) is 1.91. The summed E-state index contributed by atoms with van der Waals surface area (Å²) in [5, 5.41) is 10.4. The predicted octanol–water partition coefficient (Wildman–Crippen LogP) is 0.471. The van der Waals surface area contributed by atoms with E-state index in [4.69, 9.17) is 0 Å². The number of carbonyl (C=O) groups is 1. The van der Waals surface area contributed by atoms with Crippen molar-refractivity contribution in [2.75, 3.05) is 19.6 Å². The van der Waals surface area contributed by atoms with Crippen LogP contribution in [0.2, 0.25) is 0 Å². The molecule has 2 aromatic heterocycles. The Morgan fingerprint density at radius 2 is 2.33 bits per heavy atom. The number of hydrogen-bond donors (Lipinski definition) is 2. The van der Waals surface area contributed by atoms with Gasteiger partial charge in [0.25, 0.3) is 11.7 Å². The Bertz CT molecular complexity index is 659. The third-order valence-electron chi connectivity index (χ3n) is 3.82. The van der Waals surface area contributed by atoms with Gasteiger partial charge in [0, 0.05) is 17.9 Å². The first kappa shape index (κ1) is 13.9. The number of nitrogens with one attached hydrogen (secondary N) is 2. The first-order valence-corrected chi connectivity index (χ1v) is 7.33. The lowest BCUT2D eigenvalue weighted by molar-refractivity contribution is 0.0941. The molecule has 1 fully saturated rings. The molecule has 7 nitrogen and oxygen atoms in total. The van der Waals surface area contributed by atoms with Gasteiger partial charge in [0.15, 0.2) is 0 Å². The molecule has 3 rings (SSSR count). The van der Waals surface area contributed by atoms with E-state index in [2.05, 4.69) is 25.7 Å². The molecular formula is C14H20N6O. The SMILES string of the molecule is Cc1cc(C)n2nc(C(=O)NCCC3CCNC3)nc2n1. The maximum Gasteiger partial charge on any atom is 0.291 e. The number of amides is 1. The molecule has 0 aromatic carbocycles. The molecule has 1 aliphatic heterocycles. The summed E-state index contributed by atoms with van der Waals surface area (Å²) in [7, 11) is 0. The molecule has 7 heteroatoms. The molecule has 2 aromatic rings. The number of carbonyl (C=O) groups excluding carboxylic acids is 1. The van der Waals surface area contributed by atoms with Crippen molar-refractivity contribution in [1.82, 2.24) is 30.2 Å². The number of aryl methyl sites for hydroxylation is 2. The molecule has 0 spiro atoms. The molecule has 1 saturated heterocycles. The monoisotopic (exact) mass is 288 g/mol. The van der Waals surface area contributed by atoms with E-state index in [9.17, 15) is 4.79 Å². The molecule has 112 valence electrons. The zero-order valence-electron chi connectivity index (χ0n) is 12.4. The van der Waals surface area contributed by atoms with Crippen LogP contribution in [0.25, 0.3) is 5.78 Å². The number of hydrogen-bond acceptors (Lipinski definition) is 5. The second-order valence-electron chi connectivity index (χ2n) is 5.59. The van der Waals surface area contributed by atoms with Crippen LogP contribution in [-0.4, -0.2) is 45.1 Å². The molecular weight excluding hydrogens is 268 g/mol. The molecule has 2 N–H and O–H groups in total. The number of fused-ring (bicyclic) bond motifs is 1. The maximum absolute atomic E-state index is 12.1. The third-order valence-corrected chi connectivity index (χ3v) is 3.82. The molecule has 21 heavy (non-hydrogen) atoms. The van der Waals surface area contributed by atoms with Crippen molar-refractivity contribution in [2.45, 2.75) is 26.7 Å². The molecule has 0 aliphatic carbocycles. The lowest BCUT2D eigenvalue weighted by Crippen LogP contribution is -2.27. The van der Waals surface area contributed by atoms with Gasteiger partial charge in [0.1, 0.15) is 0 Å². The van der Waals surface area contributed by atoms with Crippen LogP contribution in [0.4, 0.5) is 0 Å². The zero-order chi connectivity index (χ0) is 14.8. The minimum atomic E-state index is -0.233. The molecule has 0 bridgehead atoms. The Kier molecular flexibility index (Phi) is 3.83. The zero-order valence-corrected chi connectivity index (χ0v) is 12.4. The molecule has 1 unspecified atom stereocenters. The smallest absolute Gasteiger partial charge is 0.291 e. The van der Waals surface area contributed by atoms with Crippen LogP contribution in [0.5, 0.6) is 0 Å². The van der Waals surface area contributed by atoms with Crippen LogP contribution < -0.4 is 10.6 Å². The van der Waals surface area contributed by atoms with Crippen molar-refractivity contribution in [2.24, 2.45) is 5.92 Å². The Balaban J connectivity index is 1.65. The van der Waals surface area contributed by atoms with Crippen molar-refractivity contribution < 1.29 is 4.79 Å². The highest BCUT2D eigenvalue weighted by molar-refractivity contribution is 5.90. The lowest BCUT2D eigenvalue weighted by atomic mass is 10.1. The summed E-state index contributed by atoms with van der Waals surface area (Å²) >= 11 is 0. The average molecular weight is 288 g/mol. The van der Waals surface area contributed by atoms with Crippen molar-refractivity contribution in [3.63, 3.8) is 0 Å². The van der Waals surface area contributed by atoms with Gasteiger partial charge < -0.3 is 10.6 Å². The van der Waals surface area contributed by atoms with E-state index in [1.165, 1.54) is 6.42 Å². The first-order valence-electron chi connectivity index (χ1n) is 7.33. The molecule has 1 amide bonds. The standard InChI is InChI=1S/C14H20N6O/c1-9-7-10(2)20-14(17-9)18-12(19-20)13(21)16-6-4-11-3-5-15-8-11/h7,11,15H,3-6,8H2,1-2H3,(H,16,21). The van der Waals surface area contributed by atoms with Gasteiger partial charge in [-0.25, -0.2) is 9.50 Å². The fraction of sp³-hybridized carbons (Fsp3) is 0.571. The fourth-order valence-electron chi connectivity index (χ4n) is 2.69. The number of rotatable bonds is 4. The highest BCUT2D eigenvalue weighted by Crippen LogP contribution is 2.11. The Labute approximate surface area is 123 Å². The summed E-state index contributed by atoms with van der Waals surface area (Å²) in [5.74, 6) is 1.08. The highest BCUT2D eigenvalue weighted by atomic mass is 16.2. The summed E-state index contributed by atoms with van der Waals surface area (Å²) in [5.41, 5.74) is 1.79. The van der Waals surface area contributed by atoms with Gasteiger partial charge in [-0.15, -0.1) is 5.10 Å². The van der Waals surface area contributed by atoms with Gasteiger partial charge in [-0.1, -0.05) is 0 Å². The normalized spacial score (nSPS) is 18.3. The van der Waals surface area contributed by atoms with Gasteiger partial charge in [0.05, 0.1) is 0 Å². The molecule has 1 atom stereocenters. The Morgan fingerprint density at radius 1 is 1.48 bits per heavy atom. The fourth-order valence-corrected chi connectivity index (χ4v) is 2.69. The summed E-state index contributed by atoms with van der Waals surface area (Å²) in [4.78, 5) is 20.6. The lowest BCUT2D eigenvalue weighted by Gasteiger charge is -2.07. The summed E-state index contributed by atoms with van der Waals surface area (Å²) in [6.07, 6.45) is 2.17. The van der Waals surface area contributed by atoms with Crippen LogP contribution in [0, 0.1) is 19.8 Å². The van der Waals surface area contributed by atoms with E-state index in [0.29, 0.717) is 18.2 Å². The molecule has 1 aliphatic rings. The van der Waals surface area contributed by atoms with Crippen LogP contribution in [0.3, 0.4) is 0 Å². The predicted molar refractivity (Wildman–Crippen MR) is 78.2 cm³/mol. The van der Waals surface area contributed by atoms with Crippen LogP contribution in [-0.2, 0) is 0 Å². The first-order chi connectivity index (χ1) is 10.1. The minimum Gasteiger partial charge on any atom is -0.349 e. The number of nitrogens with zero attached hydrogens (tertiary/aromatic N) is 4. The van der Waals surface area contributed by atoms with Crippen molar-refractivity contribution in [3.05, 3.63) is 23.3 Å². The van der Waals surface area contributed by atoms with Crippen LogP contribution >= 0.6 is 0 Å². The summed E-state index contributed by atoms with van der Waals surface area (Å²) in [6.45, 7) is 6.61. The van der Waals surface area contributed by atoms with Crippen molar-refractivity contribution >= 4 is 11.7 Å². The Morgan fingerprint density at radius 3 is 3.10 bits per heavy atom. The maximum atomic E-state index is 12.1. The van der Waals surface area contributed by atoms with Crippen molar-refractivity contribution in [3.8, 4) is 0 Å². The van der Waals surface area contributed by atoms with E-state index in [0.717, 1.165) is 30.9 Å². The molecule has 0 saturated carbocycles. The third kappa shape index (κ3) is 3.02.